The van der Waals surface area contributed by atoms with Crippen LogP contribution in [0.2, 0.25) is 0 Å². The van der Waals surface area contributed by atoms with Crippen molar-refractivity contribution in [2.45, 2.75) is 96.5 Å². The lowest BCUT2D eigenvalue weighted by molar-refractivity contribution is -0.146. The third-order valence-corrected chi connectivity index (χ3v) is 11.0. The maximum atomic E-state index is 12.7. The first-order chi connectivity index (χ1) is 20.5. The van der Waals surface area contributed by atoms with Crippen molar-refractivity contribution >= 4 is 11.9 Å². The number of ether oxygens (including phenoxy) is 2. The van der Waals surface area contributed by atoms with Crippen LogP contribution in [0.4, 0.5) is 0 Å². The van der Waals surface area contributed by atoms with Crippen LogP contribution in [0.15, 0.2) is 12.2 Å². The second-order valence-electron chi connectivity index (χ2n) is 13.6. The molecule has 0 radical (unpaired) electrons. The van der Waals surface area contributed by atoms with Gasteiger partial charge in [0.2, 0.25) is 5.91 Å². The number of hydrogen-bond donors (Lipinski definition) is 4. The van der Waals surface area contributed by atoms with Crippen LogP contribution in [0.25, 0.3) is 0 Å². The number of esters is 1. The van der Waals surface area contributed by atoms with Gasteiger partial charge >= 0.3 is 5.97 Å². The molecule has 0 aromatic heterocycles. The molecule has 238 valence electrons. The number of nitrogens with zero attached hydrogens (tertiary/aromatic N) is 1. The highest BCUT2D eigenvalue weighted by atomic mass is 16.5. The average molecular weight is 588 g/mol. The first kappa shape index (κ1) is 31.9. The van der Waals surface area contributed by atoms with Crippen LogP contribution in [0, 0.1) is 35.5 Å². The predicted molar refractivity (Wildman–Crippen MR) is 164 cm³/mol. The molecule has 2 bridgehead atoms. The van der Waals surface area contributed by atoms with E-state index in [0.717, 1.165) is 84.3 Å². The molecule has 1 aliphatic heterocycles. The number of nitrogens with one attached hydrogen (secondary N) is 4. The number of allylic oxidation sites excluding steroid dienone is 2. The second kappa shape index (κ2) is 16.0. The van der Waals surface area contributed by atoms with Crippen LogP contribution < -0.4 is 21.3 Å². The van der Waals surface area contributed by atoms with Crippen molar-refractivity contribution in [1.82, 2.24) is 26.2 Å². The van der Waals surface area contributed by atoms with Crippen molar-refractivity contribution in [3.8, 4) is 0 Å². The molecule has 5 rings (SSSR count). The van der Waals surface area contributed by atoms with Crippen LogP contribution in [-0.2, 0) is 19.1 Å². The Morgan fingerprint density at radius 2 is 1.64 bits per heavy atom. The Balaban J connectivity index is 0.897. The molecule has 1 heterocycles. The maximum absolute atomic E-state index is 12.7. The number of fused-ring (bicyclic) bond motifs is 2. The lowest BCUT2D eigenvalue weighted by Gasteiger charge is -2.40. The molecule has 0 aromatic carbocycles. The quantitative estimate of drug-likeness (QED) is 0.182. The molecule has 4 aliphatic carbocycles. The Bertz CT molecular complexity index is 874. The van der Waals surface area contributed by atoms with Crippen molar-refractivity contribution in [1.29, 1.82) is 0 Å². The molecular weight excluding hydrogens is 530 g/mol. The Kier molecular flexibility index (Phi) is 12.1. The largest absolute Gasteiger partial charge is 0.464 e. The zero-order valence-corrected chi connectivity index (χ0v) is 26.2. The number of hydrogen-bond acceptors (Lipinski definition) is 8. The van der Waals surface area contributed by atoms with E-state index in [0.29, 0.717) is 48.3 Å². The van der Waals surface area contributed by atoms with Gasteiger partial charge in [-0.1, -0.05) is 26.0 Å². The number of rotatable bonds is 14. The normalized spacial score (nSPS) is 36.3. The van der Waals surface area contributed by atoms with Crippen molar-refractivity contribution in [3.05, 3.63) is 12.2 Å². The summed E-state index contributed by atoms with van der Waals surface area (Å²) in [6.07, 6.45) is 16.1. The predicted octanol–water partition coefficient (Wildman–Crippen LogP) is 3.02. The van der Waals surface area contributed by atoms with Crippen LogP contribution in [-0.4, -0.2) is 87.7 Å². The van der Waals surface area contributed by atoms with Gasteiger partial charge in [0.1, 0.15) is 12.8 Å². The summed E-state index contributed by atoms with van der Waals surface area (Å²) in [6.45, 7) is 11.0. The third kappa shape index (κ3) is 9.00. The number of amides is 1. The summed E-state index contributed by atoms with van der Waals surface area (Å²) < 4.78 is 11.7. The van der Waals surface area contributed by atoms with Crippen LogP contribution >= 0.6 is 0 Å². The molecule has 4 fully saturated rings. The Hall–Kier alpha value is -1.52. The van der Waals surface area contributed by atoms with Gasteiger partial charge in [0.25, 0.3) is 0 Å². The van der Waals surface area contributed by atoms with Gasteiger partial charge in [-0.3, -0.25) is 25.5 Å². The van der Waals surface area contributed by atoms with Gasteiger partial charge in [-0.05, 0) is 107 Å². The minimum atomic E-state index is -0.307. The topological polar surface area (TPSA) is 104 Å². The standard InChI is InChI=1S/C33H57N5O4/c1-3-38(4-2)15-16-41-30-13-11-29(12-14-30)37-33-35-19-28(20-36-33)24-7-9-25(10-8-24)32(40)34-21-31(39)42-22-27-18-23-5-6-26(27)17-23/h5-6,23-30,33,35-37H,3-4,7-22H2,1-2H3,(H,34,40). The van der Waals surface area contributed by atoms with Crippen molar-refractivity contribution in [3.63, 3.8) is 0 Å². The van der Waals surface area contributed by atoms with Gasteiger partial charge in [0.05, 0.1) is 19.3 Å². The van der Waals surface area contributed by atoms with Crippen LogP contribution in [0.5, 0.6) is 0 Å². The zero-order valence-electron chi connectivity index (χ0n) is 26.2. The lowest BCUT2D eigenvalue weighted by atomic mass is 9.75. The first-order valence-electron chi connectivity index (χ1n) is 17.2. The molecule has 9 heteroatoms. The lowest BCUT2D eigenvalue weighted by Crippen LogP contribution is -2.63. The molecule has 4 N–H and O–H groups in total. The number of likely N-dealkylation sites (N-methyl/N-ethyl adjacent to an activating group) is 1. The Morgan fingerprint density at radius 1 is 0.905 bits per heavy atom. The van der Waals surface area contributed by atoms with Crippen LogP contribution in [0.1, 0.15) is 78.1 Å². The van der Waals surface area contributed by atoms with E-state index in [1.54, 1.807) is 0 Å². The van der Waals surface area contributed by atoms with Crippen molar-refractivity contribution < 1.29 is 19.1 Å². The fourth-order valence-electron chi connectivity index (χ4n) is 8.15. The van der Waals surface area contributed by atoms with Gasteiger partial charge in [-0.2, -0.15) is 0 Å². The van der Waals surface area contributed by atoms with E-state index >= 15 is 0 Å². The van der Waals surface area contributed by atoms with Crippen molar-refractivity contribution in [2.75, 3.05) is 52.5 Å². The van der Waals surface area contributed by atoms with Gasteiger partial charge in [0.15, 0.2) is 0 Å². The van der Waals surface area contributed by atoms with E-state index < -0.39 is 0 Å². The minimum Gasteiger partial charge on any atom is -0.464 e. The van der Waals surface area contributed by atoms with E-state index in [4.69, 9.17) is 9.47 Å². The van der Waals surface area contributed by atoms with E-state index in [2.05, 4.69) is 52.2 Å². The molecule has 0 spiro atoms. The number of carbonyl (C=O) groups excluding carboxylic acids is 2. The molecule has 0 aromatic rings. The molecule has 1 amide bonds. The summed E-state index contributed by atoms with van der Waals surface area (Å²) in [6, 6.07) is 0.537. The summed E-state index contributed by atoms with van der Waals surface area (Å²) in [5.74, 6) is 2.66. The summed E-state index contributed by atoms with van der Waals surface area (Å²) >= 11 is 0. The monoisotopic (exact) mass is 587 g/mol. The second-order valence-corrected chi connectivity index (χ2v) is 13.6. The van der Waals surface area contributed by atoms with Gasteiger partial charge < -0.3 is 19.7 Å². The highest BCUT2D eigenvalue weighted by molar-refractivity contribution is 5.83. The average Bonchev–Trinajstić information content (AvgIpc) is 3.66. The fraction of sp³-hybridized carbons (Fsp3) is 0.879. The molecular formula is C33H57N5O4. The first-order valence-corrected chi connectivity index (χ1v) is 17.2. The molecule has 3 atom stereocenters. The fourth-order valence-corrected chi connectivity index (χ4v) is 8.15. The molecule has 3 saturated carbocycles. The molecule has 1 saturated heterocycles. The highest BCUT2D eigenvalue weighted by Crippen LogP contribution is 2.43. The molecule has 9 nitrogen and oxygen atoms in total. The van der Waals surface area contributed by atoms with Crippen molar-refractivity contribution in [2.24, 2.45) is 35.5 Å². The summed E-state index contributed by atoms with van der Waals surface area (Å²) in [5, 5.41) is 14.0. The van der Waals surface area contributed by atoms with Gasteiger partial charge in [-0.25, -0.2) is 0 Å². The summed E-state index contributed by atoms with van der Waals surface area (Å²) in [4.78, 5) is 27.4. The van der Waals surface area contributed by atoms with Crippen LogP contribution in [0.3, 0.4) is 0 Å². The third-order valence-electron chi connectivity index (χ3n) is 11.0. The summed E-state index contributed by atoms with van der Waals surface area (Å²) in [7, 11) is 0. The van der Waals surface area contributed by atoms with E-state index in [1.807, 2.05) is 0 Å². The highest BCUT2D eigenvalue weighted by Gasteiger charge is 2.37. The molecule has 42 heavy (non-hydrogen) atoms. The smallest absolute Gasteiger partial charge is 0.325 e. The molecule has 5 aliphatic rings. The Morgan fingerprint density at radius 3 is 2.29 bits per heavy atom. The van der Waals surface area contributed by atoms with E-state index in [-0.39, 0.29) is 30.6 Å². The van der Waals surface area contributed by atoms with E-state index in [9.17, 15) is 9.59 Å². The summed E-state index contributed by atoms with van der Waals surface area (Å²) in [5.41, 5.74) is 0. The van der Waals surface area contributed by atoms with Gasteiger partial charge in [-0.15, -0.1) is 0 Å². The number of carbonyl (C=O) groups is 2. The SMILES string of the molecule is CCN(CC)CCOC1CCC(NC2NCC(C3CCC(C(=O)NCC(=O)OCC4CC5C=CC4C5)CC3)CN2)CC1. The zero-order chi connectivity index (χ0) is 29.3. The minimum absolute atomic E-state index is 0.00833. The Labute approximate surface area is 253 Å². The van der Waals surface area contributed by atoms with Gasteiger partial charge in [0, 0.05) is 31.6 Å². The maximum Gasteiger partial charge on any atom is 0.325 e. The molecule has 3 unspecified atom stereocenters. The van der Waals surface area contributed by atoms with E-state index in [1.165, 1.54) is 19.3 Å².